The average Bonchev–Trinajstić information content (AvgIpc) is 3.89. The molecule has 1 unspecified atom stereocenters. The van der Waals surface area contributed by atoms with Crippen molar-refractivity contribution in [1.29, 1.82) is 0 Å². The molecule has 4 aromatic heterocycles. The molecule has 7 heteroatoms. The monoisotopic (exact) mass is 951 g/mol. The van der Waals surface area contributed by atoms with Gasteiger partial charge in [0.1, 0.15) is 5.58 Å². The predicted octanol–water partition coefficient (Wildman–Crippen LogP) is 11.6. The van der Waals surface area contributed by atoms with Crippen molar-refractivity contribution in [2.24, 2.45) is 5.92 Å². The van der Waals surface area contributed by atoms with Gasteiger partial charge in [-0.25, -0.2) is 0 Å². The topological polar surface area (TPSA) is 51.8 Å². The number of furan rings is 1. The molecular formula is C46H46FGeIrN3O-2. The smallest absolute Gasteiger partial charge is 0.139 e. The Morgan fingerprint density at radius 3 is 2.49 bits per heavy atom. The van der Waals surface area contributed by atoms with Crippen LogP contribution in [0.25, 0.3) is 44.6 Å². The fraction of sp³-hybridized carbons (Fsp3) is 0.283. The van der Waals surface area contributed by atoms with E-state index in [2.05, 4.69) is 44.4 Å². The molecule has 4 nitrogen and oxygen atoms in total. The molecule has 0 spiro atoms. The molecule has 1 fully saturated rings. The molecule has 3 aromatic carbocycles. The van der Waals surface area contributed by atoms with Gasteiger partial charge >= 0.3 is 164 Å². The van der Waals surface area contributed by atoms with Crippen LogP contribution in [-0.4, -0.2) is 28.2 Å². The summed E-state index contributed by atoms with van der Waals surface area (Å²) in [6.45, 7) is -2.86. The summed E-state index contributed by atoms with van der Waals surface area (Å²) < 4.78 is 93.5. The van der Waals surface area contributed by atoms with Gasteiger partial charge in [-0.2, -0.15) is 0 Å². The first-order valence-electron chi connectivity index (χ1n) is 22.1. The van der Waals surface area contributed by atoms with Crippen molar-refractivity contribution in [2.45, 2.75) is 75.8 Å². The van der Waals surface area contributed by atoms with Gasteiger partial charge in [0.05, 0.1) is 11.1 Å². The minimum atomic E-state index is -2.41. The molecule has 0 N–H and O–H groups in total. The Hall–Kier alpha value is -3.97. The van der Waals surface area contributed by atoms with Crippen LogP contribution >= 0.6 is 0 Å². The van der Waals surface area contributed by atoms with Crippen LogP contribution in [0.2, 0.25) is 17.3 Å². The zero-order chi connectivity index (χ0) is 44.1. The van der Waals surface area contributed by atoms with Gasteiger partial charge in [0.15, 0.2) is 0 Å². The van der Waals surface area contributed by atoms with Crippen molar-refractivity contribution in [2.75, 3.05) is 0 Å². The van der Waals surface area contributed by atoms with Gasteiger partial charge in [-0.15, -0.1) is 23.8 Å². The molecule has 1 radical (unpaired) electrons. The number of hydrogen-bond donors (Lipinski definition) is 0. The number of halogens is 1. The second-order valence-corrected chi connectivity index (χ2v) is 24.9. The molecule has 1 atom stereocenters. The first kappa shape index (κ1) is 28.5. The molecule has 7 aromatic rings. The van der Waals surface area contributed by atoms with Crippen LogP contribution in [0, 0.1) is 37.6 Å². The Balaban J connectivity index is 0.000000204. The van der Waals surface area contributed by atoms with E-state index in [0.29, 0.717) is 44.6 Å². The first-order chi connectivity index (χ1) is 28.5. The SMILES string of the molecule is [2H]C([2H])([2H])c1c[c-]c(-c2cc(C([2H])(C)c3ccccc3)[c]([Ge]([CH3])([CH3])[CH3])cn2)c(F)c1.[2H]C([2H])([2H])c1ccc2oc3c[c-]c(-c4cc(C([2H])([2H])C5CCCC5)ccn4)cc3c2n1.[Ir]. The van der Waals surface area contributed by atoms with Crippen molar-refractivity contribution >= 4 is 39.7 Å². The molecular weight excluding hydrogens is 894 g/mol. The molecule has 0 bridgehead atoms. The van der Waals surface area contributed by atoms with Gasteiger partial charge in [-0.05, 0) is 48.4 Å². The molecule has 1 aliphatic carbocycles. The molecule has 4 heterocycles. The molecule has 1 saturated carbocycles. The van der Waals surface area contributed by atoms with E-state index in [1.807, 2.05) is 43.3 Å². The summed E-state index contributed by atoms with van der Waals surface area (Å²) in [6.07, 6.45) is 5.95. The van der Waals surface area contributed by atoms with Crippen LogP contribution in [0.3, 0.4) is 0 Å². The predicted molar refractivity (Wildman–Crippen MR) is 214 cm³/mol. The average molecular weight is 950 g/mol. The Morgan fingerprint density at radius 1 is 0.943 bits per heavy atom. The van der Waals surface area contributed by atoms with Crippen LogP contribution in [0.4, 0.5) is 4.39 Å². The molecule has 0 saturated heterocycles. The maximum atomic E-state index is 14.8. The third-order valence-electron chi connectivity index (χ3n) is 9.48. The number of rotatable bonds is 7. The van der Waals surface area contributed by atoms with Crippen molar-refractivity contribution in [3.8, 4) is 22.5 Å². The molecule has 0 aliphatic heterocycles. The molecule has 53 heavy (non-hydrogen) atoms. The largest absolute Gasteiger partial charge is 0.499 e. The number of hydrogen-bond acceptors (Lipinski definition) is 4. The van der Waals surface area contributed by atoms with E-state index in [-0.39, 0.29) is 42.8 Å². The van der Waals surface area contributed by atoms with E-state index in [1.54, 1.807) is 42.7 Å². The fourth-order valence-corrected chi connectivity index (χ4v) is 9.91. The molecule has 273 valence electrons. The summed E-state index contributed by atoms with van der Waals surface area (Å²) in [7, 11) is 0. The number of nitrogens with zero attached hydrogens (tertiary/aromatic N) is 3. The van der Waals surface area contributed by atoms with Gasteiger partial charge in [-0.1, -0.05) is 37.3 Å². The minimum absolute atomic E-state index is 0. The maximum absolute atomic E-state index is 14.8. The van der Waals surface area contributed by atoms with Crippen LogP contribution in [0.1, 0.15) is 78.8 Å². The molecule has 1 aliphatic rings. The Kier molecular flexibility index (Phi) is 8.91. The Bertz CT molecular complexity index is 2710. The van der Waals surface area contributed by atoms with Gasteiger partial charge in [0, 0.05) is 38.8 Å². The molecule has 8 rings (SSSR count). The summed E-state index contributed by atoms with van der Waals surface area (Å²) in [5.74, 6) is 5.01. The van der Waals surface area contributed by atoms with Crippen LogP contribution < -0.4 is 4.40 Å². The first-order valence-corrected chi connectivity index (χ1v) is 24.9. The number of pyridine rings is 3. The van der Waals surface area contributed by atoms with E-state index in [0.717, 1.165) is 47.3 Å². The summed E-state index contributed by atoms with van der Waals surface area (Å²) in [4.78, 5) is 13.3. The van der Waals surface area contributed by atoms with Crippen LogP contribution in [0.15, 0.2) is 102 Å². The quantitative estimate of drug-likeness (QED) is 0.118. The van der Waals surface area contributed by atoms with Gasteiger partial charge in [0.25, 0.3) is 0 Å². The Morgan fingerprint density at radius 2 is 1.75 bits per heavy atom. The fourth-order valence-electron chi connectivity index (χ4n) is 6.72. The van der Waals surface area contributed by atoms with Crippen LogP contribution in [-0.2, 0) is 26.5 Å². The van der Waals surface area contributed by atoms with Crippen LogP contribution in [0.5, 0.6) is 0 Å². The number of benzene rings is 3. The van der Waals surface area contributed by atoms with Crippen molar-refractivity contribution in [3.63, 3.8) is 0 Å². The number of fused-ring (bicyclic) bond motifs is 3. The Labute approximate surface area is 342 Å². The van der Waals surface area contributed by atoms with Crippen molar-refractivity contribution < 1.29 is 41.2 Å². The molecule has 0 amide bonds. The zero-order valence-corrected chi connectivity index (χ0v) is 34.6. The summed E-state index contributed by atoms with van der Waals surface area (Å²) >= 11 is -2.41. The number of aromatic nitrogens is 3. The van der Waals surface area contributed by atoms with E-state index < -0.39 is 45.1 Å². The summed E-state index contributed by atoms with van der Waals surface area (Å²) in [5, 5.41) is 0.681. The summed E-state index contributed by atoms with van der Waals surface area (Å²) in [6, 6.07) is 29.7. The van der Waals surface area contributed by atoms with E-state index in [1.165, 1.54) is 12.1 Å². The second kappa shape index (κ2) is 16.6. The third-order valence-corrected chi connectivity index (χ3v) is 13.7. The second-order valence-electron chi connectivity index (χ2n) is 14.3. The van der Waals surface area contributed by atoms with Crippen molar-refractivity contribution in [1.82, 2.24) is 15.0 Å². The van der Waals surface area contributed by atoms with E-state index in [9.17, 15) is 5.76 Å². The standard InChI is InChI=1S/C23H25FGeN.C23H21N2O.Ir/c1-16-11-12-19(21(24)13-16)23-14-20(22(15-26-23)25(3,4)5)17(2)18-9-7-6-8-10-18;1-15-6-8-22-23(25-15)19-14-18(7-9-21(19)26-22)20-13-17(10-11-24-20)12-16-4-2-3-5-16;/h6-11,13-15,17H,1-5H3;6,8-11,13-14,16H,2-5,12H2,1H3;/q2*-1;/i1D3,17D;1D3,12D2;. The van der Waals surface area contributed by atoms with E-state index in [4.69, 9.17) is 15.4 Å². The van der Waals surface area contributed by atoms with Gasteiger partial charge in [0.2, 0.25) is 0 Å². The van der Waals surface area contributed by atoms with Crippen molar-refractivity contribution in [3.05, 3.63) is 143 Å². The van der Waals surface area contributed by atoms with Gasteiger partial charge < -0.3 is 9.40 Å². The third kappa shape index (κ3) is 8.88. The van der Waals surface area contributed by atoms with E-state index >= 15 is 0 Å². The van der Waals surface area contributed by atoms with Gasteiger partial charge in [-0.3, -0.25) is 4.98 Å². The normalized spacial score (nSPS) is 17.6. The maximum Gasteiger partial charge on any atom is 0.139 e. The zero-order valence-electron chi connectivity index (χ0n) is 39.1. The summed E-state index contributed by atoms with van der Waals surface area (Å²) in [5.41, 5.74) is 5.50. The number of aryl methyl sites for hydroxylation is 2. The minimum Gasteiger partial charge on any atom is -0.499 e.